The second kappa shape index (κ2) is 41.3. The van der Waals surface area contributed by atoms with Crippen molar-refractivity contribution in [2.45, 2.75) is 221 Å². The minimum Gasteiger partial charge on any atom is -0.494 e. The van der Waals surface area contributed by atoms with Crippen molar-refractivity contribution in [3.8, 4) is 58.4 Å². The van der Waals surface area contributed by atoms with Gasteiger partial charge < -0.3 is 108 Å². The average molecular weight is 1780 g/mol. The first kappa shape index (κ1) is 91.5. The number of carbonyl (C=O) groups is 6. The molecular weight excluding hydrogens is 1680 g/mol. The Bertz CT molecular complexity index is 4200. The summed E-state index contributed by atoms with van der Waals surface area (Å²) in [7, 11) is 9.35. The minimum atomic E-state index is -2.22. The third kappa shape index (κ3) is 22.5. The van der Waals surface area contributed by atoms with Crippen LogP contribution in [0, 0.1) is 40.1 Å². The first-order valence-corrected chi connectivity index (χ1v) is 41.4. The Labute approximate surface area is 692 Å². The number of aromatic nitrogens is 1. The van der Waals surface area contributed by atoms with Crippen molar-refractivity contribution in [1.29, 1.82) is 0 Å². The number of amides is 3. The molecule has 4 saturated heterocycles. The predicted molar refractivity (Wildman–Crippen MR) is 428 cm³/mol. The highest BCUT2D eigenvalue weighted by Gasteiger charge is 2.53. The number of aliphatic hydroxyl groups excluding tert-OH is 4. The summed E-state index contributed by atoms with van der Waals surface area (Å²) in [6, 6.07) is 6.15. The molecule has 0 spiro atoms. The van der Waals surface area contributed by atoms with Crippen LogP contribution in [-0.2, 0) is 61.9 Å². The molecule has 2 bridgehead atoms. The zero-order valence-corrected chi connectivity index (χ0v) is 70.7. The summed E-state index contributed by atoms with van der Waals surface area (Å²) in [4.78, 5) is 94.0. The number of ether oxygens (including phenoxy) is 12. The Hall–Kier alpha value is -7.39. The van der Waals surface area contributed by atoms with Gasteiger partial charge in [0.15, 0.2) is 34.9 Å². The topological polar surface area (TPSA) is 430 Å². The quantitative estimate of drug-likeness (QED) is 0.00910. The number of fused-ring (bicyclic) bond motifs is 2. The minimum absolute atomic E-state index is 0.000573. The van der Waals surface area contributed by atoms with E-state index in [0.29, 0.717) is 37.4 Å². The van der Waals surface area contributed by atoms with Gasteiger partial charge in [-0.05, 0) is 144 Å². The van der Waals surface area contributed by atoms with Crippen molar-refractivity contribution in [3.63, 3.8) is 0 Å². The van der Waals surface area contributed by atoms with Crippen LogP contribution in [0.25, 0.3) is 0 Å². The molecule has 1 aromatic heterocycles. The summed E-state index contributed by atoms with van der Waals surface area (Å²) in [6.07, 6.45) is -11.0. The second-order valence-electron chi connectivity index (χ2n) is 28.6. The molecule has 3 aromatic rings. The van der Waals surface area contributed by atoms with E-state index >= 15 is 0 Å². The van der Waals surface area contributed by atoms with Crippen molar-refractivity contribution < 1.29 is 131 Å². The molecule has 37 heteroatoms. The van der Waals surface area contributed by atoms with Gasteiger partial charge in [-0.1, -0.05) is 57.2 Å². The maximum absolute atomic E-state index is 14.6. The molecule has 33 nitrogen and oxygen atoms in total. The number of alkyl carbamates (subject to hydrolysis) is 1. The number of nitrogens with one attached hydrogen (secondary N) is 3. The van der Waals surface area contributed by atoms with Crippen LogP contribution in [-0.4, -0.2) is 261 Å². The average Bonchev–Trinajstić information content (AvgIpc) is 0.804. The van der Waals surface area contributed by atoms with Crippen LogP contribution < -0.4 is 40.0 Å². The number of benzene rings is 2. The number of aromatic hydroxyl groups is 2. The zero-order valence-electron chi connectivity index (χ0n) is 66.1. The Morgan fingerprint density at radius 1 is 0.861 bits per heavy atom. The number of halogens is 1. The SMILES string of the molecule is CCN(C(C)=O)C1COC(CC2C(OC3=C4C(=CCSSC(C)(C)CC(=O)NN=C(C)c5ccc(OCCCC(=O)On6c(O)ccc6O)cc5)[C@](O)(C#C/C=C\C#C3)CC(=O)C4NC(=O)OC)OC(C)C(NOC3CC(O)C(SC(=O)c4c(C)c(I)c(OC5OC(C)C(O)C(OC)C5O)c(OC)c4OC)C(C)O3)C2O)CC1OC. The molecule has 18 unspecified atom stereocenters. The highest BCUT2D eigenvalue weighted by molar-refractivity contribution is 14.1. The van der Waals surface area contributed by atoms with Crippen LogP contribution in [0.3, 0.4) is 0 Å². The fraction of sp³-hybridized carbons (Fsp3) is 0.577. The number of methoxy groups -OCH3 is 5. The van der Waals surface area contributed by atoms with Crippen molar-refractivity contribution in [3.05, 3.63) is 91.8 Å². The number of nitrogens with zero attached hydrogens (tertiary/aromatic N) is 3. The summed E-state index contributed by atoms with van der Waals surface area (Å²) < 4.78 is 72.8. The Kier molecular flexibility index (Phi) is 32.9. The molecule has 2 aromatic carbocycles. The number of ketones is 1. The molecule has 4 aliphatic heterocycles. The van der Waals surface area contributed by atoms with Gasteiger partial charge in [0.25, 0.3) is 0 Å². The van der Waals surface area contributed by atoms with E-state index in [1.807, 2.05) is 43.4 Å². The summed E-state index contributed by atoms with van der Waals surface area (Å²) in [6.45, 7) is 15.9. The molecule has 630 valence electrons. The maximum Gasteiger partial charge on any atom is 0.407 e. The van der Waals surface area contributed by atoms with Crippen molar-refractivity contribution in [1.82, 2.24) is 25.9 Å². The number of hydrogen-bond donors (Lipinski definition) is 10. The summed E-state index contributed by atoms with van der Waals surface area (Å²) >= 11 is 2.79. The Morgan fingerprint density at radius 3 is 2.21 bits per heavy atom. The van der Waals surface area contributed by atoms with E-state index < -0.39 is 167 Å². The van der Waals surface area contributed by atoms with Crippen LogP contribution in [0.15, 0.2) is 76.6 Å². The van der Waals surface area contributed by atoms with Gasteiger partial charge in [-0.3, -0.25) is 24.0 Å². The molecule has 2 aliphatic carbocycles. The molecule has 115 heavy (non-hydrogen) atoms. The Morgan fingerprint density at radius 2 is 1.56 bits per heavy atom. The van der Waals surface area contributed by atoms with Crippen LogP contribution in [0.2, 0.25) is 0 Å². The highest BCUT2D eigenvalue weighted by Crippen LogP contribution is 2.50. The summed E-state index contributed by atoms with van der Waals surface area (Å²) in [5.41, 5.74) is 5.02. The third-order valence-electron chi connectivity index (χ3n) is 20.1. The molecule has 1 saturated carbocycles. The molecule has 3 amide bonds. The number of hydrogen-bond acceptors (Lipinski definition) is 32. The van der Waals surface area contributed by atoms with E-state index in [-0.39, 0.29) is 103 Å². The van der Waals surface area contributed by atoms with E-state index in [2.05, 4.69) is 45.0 Å². The van der Waals surface area contributed by atoms with Crippen LogP contribution in [0.4, 0.5) is 4.79 Å². The van der Waals surface area contributed by atoms with E-state index in [9.17, 15) is 64.5 Å². The second-order valence-corrected chi connectivity index (χ2v) is 33.9. The lowest BCUT2D eigenvalue weighted by atomic mass is 9.73. The number of hydrazone groups is 1. The number of likely N-dealkylation sites (N-methyl/N-ethyl adjacent to an activating group) is 1. The van der Waals surface area contributed by atoms with Gasteiger partial charge >= 0.3 is 12.1 Å². The molecular formula is C78H101IN6O27S3. The molecule has 10 N–H and O–H groups in total. The zero-order chi connectivity index (χ0) is 83.9. The number of allylic oxidation sites excluding steroid dienone is 3. The van der Waals surface area contributed by atoms with Crippen LogP contribution >= 0.6 is 55.9 Å². The number of rotatable bonds is 32. The largest absolute Gasteiger partial charge is 0.494 e. The van der Waals surface area contributed by atoms with E-state index in [4.69, 9.17) is 66.5 Å². The normalized spacial score (nSPS) is 29.5. The lowest BCUT2D eigenvalue weighted by Gasteiger charge is -2.47. The molecule has 5 fully saturated rings. The first-order valence-electron chi connectivity index (χ1n) is 37.1. The fourth-order valence-corrected chi connectivity index (χ4v) is 18.3. The molecule has 0 radical (unpaired) electrons. The van der Waals surface area contributed by atoms with Gasteiger partial charge in [0.2, 0.25) is 47.0 Å². The van der Waals surface area contributed by atoms with E-state index in [1.165, 1.54) is 81.2 Å². The lowest BCUT2D eigenvalue weighted by Crippen LogP contribution is -2.62. The monoisotopic (exact) mass is 1780 g/mol. The Balaban J connectivity index is 0.912. The standard InChI is InChI=1S/C78H101IN6O27S3/c1-15-84(44(7)86)50-38-105-47(34-54(50)99-10)33-48-66(94)63(83-111-59-35-51(87)72(43(6)106-59)114-73(96)60-39(2)62(79)69(71(102-13)68(60)100-11)110-75-67(95)70(101-12)65(93)42(5)108-75)41(4)107-74(48)109-53-21-18-16-17-19-30-78(98)36-52(88)64(80-76(97)103-14)61(53)49(78)29-32-113-115-77(8,9)37-55(89)82-81-40(3)45-23-25-46(26-24-45)104-31-20-22-58(92)112-85-56(90)27-28-57(85)91/h16-17,23-29,41-43,47-48,50-51,54,59,63-67,70,72,74-75,83,87,90-91,93-95,98H,15,20,22,31-38H2,1-14H3,(H,80,97)(H,82,89)/b17-16-,49-29?,61-53?,81-40?/t41?,42?,43?,47?,48?,50?,51?,54?,59?,63?,64?,65?,66?,67?,70?,72?,74?,75?,78-/m0/s1. The highest BCUT2D eigenvalue weighted by atomic mass is 127. The van der Waals surface area contributed by atoms with Crippen molar-refractivity contribution in [2.24, 2.45) is 11.0 Å². The molecule has 19 atom stereocenters. The number of Topliss-reactive ketones (excluding diaryl/α,β-unsaturated/α-hetero) is 1. The first-order chi connectivity index (χ1) is 54.7. The van der Waals surface area contributed by atoms with Gasteiger partial charge in [-0.2, -0.15) is 10.6 Å². The number of hydroxylamine groups is 1. The van der Waals surface area contributed by atoms with Gasteiger partial charge in [-0.15, -0.1) is 4.73 Å². The number of carbonyl (C=O) groups excluding carboxylic acids is 6. The number of aliphatic hydroxyl groups is 5. The van der Waals surface area contributed by atoms with E-state index in [0.717, 1.165) is 18.9 Å². The smallest absolute Gasteiger partial charge is 0.407 e. The van der Waals surface area contributed by atoms with Gasteiger partial charge in [0.1, 0.15) is 30.1 Å². The van der Waals surface area contributed by atoms with Gasteiger partial charge in [0, 0.05) is 80.7 Å². The van der Waals surface area contributed by atoms with Crippen LogP contribution in [0.5, 0.6) is 34.8 Å². The van der Waals surface area contributed by atoms with E-state index in [1.54, 1.807) is 69.9 Å². The lowest BCUT2D eigenvalue weighted by molar-refractivity contribution is -0.284. The number of thioether (sulfide) groups is 1. The third-order valence-corrected chi connectivity index (χ3v) is 26.0. The van der Waals surface area contributed by atoms with Crippen molar-refractivity contribution >= 4 is 96.4 Å². The summed E-state index contributed by atoms with van der Waals surface area (Å²) in [5.74, 6) is 8.08. The van der Waals surface area contributed by atoms with Gasteiger partial charge in [-0.25, -0.2) is 15.0 Å². The van der Waals surface area contributed by atoms with Crippen molar-refractivity contribution in [2.75, 3.05) is 61.1 Å². The molecule has 6 aliphatic rings. The molecule has 9 rings (SSSR count). The fourth-order valence-electron chi connectivity index (χ4n) is 14.2. The van der Waals surface area contributed by atoms with Crippen LogP contribution in [0.1, 0.15) is 122 Å². The molecule has 5 heterocycles. The summed E-state index contributed by atoms with van der Waals surface area (Å²) in [5, 5.41) is 84.4. The maximum atomic E-state index is 14.6. The predicted octanol–water partition coefficient (Wildman–Crippen LogP) is 5.58. The van der Waals surface area contributed by atoms with Gasteiger partial charge in [0.05, 0.1) is 128 Å².